The molecule has 0 heterocycles. The lowest BCUT2D eigenvalue weighted by Gasteiger charge is -2.19. The Morgan fingerprint density at radius 1 is 0.828 bits per heavy atom. The number of benzene rings is 3. The van der Waals surface area contributed by atoms with E-state index in [9.17, 15) is 13.2 Å². The number of amides is 1. The van der Waals surface area contributed by atoms with E-state index in [1.807, 2.05) is 60.7 Å². The Hall–Kier alpha value is -2.96. The van der Waals surface area contributed by atoms with E-state index in [0.717, 1.165) is 11.1 Å². The summed E-state index contributed by atoms with van der Waals surface area (Å²) in [5, 5.41) is 2.98. The fourth-order valence-electron chi connectivity index (χ4n) is 3.15. The summed E-state index contributed by atoms with van der Waals surface area (Å²) < 4.78 is 26.5. The molecular formula is C23H24N2O3S. The molecule has 0 radical (unpaired) electrons. The Morgan fingerprint density at radius 2 is 1.34 bits per heavy atom. The number of hydrogen-bond acceptors (Lipinski definition) is 3. The van der Waals surface area contributed by atoms with E-state index < -0.39 is 10.0 Å². The summed E-state index contributed by atoms with van der Waals surface area (Å²) in [5.41, 5.74) is 2.65. The second-order valence-electron chi connectivity index (χ2n) is 6.61. The van der Waals surface area contributed by atoms with Gasteiger partial charge in [0, 0.05) is 24.6 Å². The van der Waals surface area contributed by atoms with Crippen LogP contribution in [0, 0.1) is 0 Å². The average Bonchev–Trinajstić information content (AvgIpc) is 2.75. The van der Waals surface area contributed by atoms with E-state index in [4.69, 9.17) is 0 Å². The molecule has 0 unspecified atom stereocenters. The van der Waals surface area contributed by atoms with Crippen molar-refractivity contribution in [2.45, 2.75) is 17.7 Å². The minimum Gasteiger partial charge on any atom is -0.351 e. The van der Waals surface area contributed by atoms with Crippen LogP contribution in [-0.2, 0) is 10.0 Å². The van der Waals surface area contributed by atoms with Crippen molar-refractivity contribution in [3.05, 3.63) is 102 Å². The molecule has 0 spiro atoms. The van der Waals surface area contributed by atoms with Crippen molar-refractivity contribution in [2.75, 3.05) is 13.1 Å². The standard InChI is InChI=1S/C23H24N2O3S/c1-2-25-29(27,28)21-15-13-20(14-16-21)23(26)24-17-22(18-9-5-3-6-10-18)19-11-7-4-8-12-19/h3-16,22,25H,2,17H2,1H3,(H,24,26). The summed E-state index contributed by atoms with van der Waals surface area (Å²) >= 11 is 0. The molecule has 150 valence electrons. The Kier molecular flexibility index (Phi) is 6.80. The molecule has 1 amide bonds. The highest BCUT2D eigenvalue weighted by Gasteiger charge is 2.17. The first kappa shape index (κ1) is 20.8. The van der Waals surface area contributed by atoms with Crippen LogP contribution in [0.3, 0.4) is 0 Å². The van der Waals surface area contributed by atoms with Gasteiger partial charge in [0.2, 0.25) is 10.0 Å². The summed E-state index contributed by atoms with van der Waals surface area (Å²) in [6, 6.07) is 26.0. The van der Waals surface area contributed by atoms with Crippen LogP contribution in [0.25, 0.3) is 0 Å². The molecule has 3 rings (SSSR count). The van der Waals surface area contributed by atoms with E-state index in [0.29, 0.717) is 18.7 Å². The smallest absolute Gasteiger partial charge is 0.251 e. The van der Waals surface area contributed by atoms with Gasteiger partial charge in [0.15, 0.2) is 0 Å². The zero-order chi connectivity index (χ0) is 20.7. The van der Waals surface area contributed by atoms with E-state index in [1.54, 1.807) is 6.92 Å². The predicted octanol–water partition coefficient (Wildman–Crippen LogP) is 3.55. The van der Waals surface area contributed by atoms with E-state index >= 15 is 0 Å². The summed E-state index contributed by atoms with van der Waals surface area (Å²) in [6.45, 7) is 2.46. The number of sulfonamides is 1. The monoisotopic (exact) mass is 408 g/mol. The summed E-state index contributed by atoms with van der Waals surface area (Å²) in [4.78, 5) is 12.8. The van der Waals surface area contributed by atoms with Gasteiger partial charge in [-0.25, -0.2) is 13.1 Å². The van der Waals surface area contributed by atoms with Crippen molar-refractivity contribution in [2.24, 2.45) is 0 Å². The molecule has 0 fully saturated rings. The van der Waals surface area contributed by atoms with Crippen molar-refractivity contribution in [1.29, 1.82) is 0 Å². The molecule has 0 aliphatic carbocycles. The van der Waals surface area contributed by atoms with Gasteiger partial charge in [-0.3, -0.25) is 4.79 Å². The molecule has 0 atom stereocenters. The normalized spacial score (nSPS) is 11.4. The first-order chi connectivity index (χ1) is 14.0. The first-order valence-corrected chi connectivity index (χ1v) is 11.0. The average molecular weight is 409 g/mol. The molecule has 3 aromatic rings. The van der Waals surface area contributed by atoms with Crippen LogP contribution in [0.2, 0.25) is 0 Å². The molecule has 5 nitrogen and oxygen atoms in total. The van der Waals surface area contributed by atoms with Gasteiger partial charge >= 0.3 is 0 Å². The molecule has 29 heavy (non-hydrogen) atoms. The largest absolute Gasteiger partial charge is 0.351 e. The molecule has 0 bridgehead atoms. The van der Waals surface area contributed by atoms with Gasteiger partial charge in [0.25, 0.3) is 5.91 Å². The highest BCUT2D eigenvalue weighted by Crippen LogP contribution is 2.23. The summed E-state index contributed by atoms with van der Waals surface area (Å²) in [6.07, 6.45) is 0. The van der Waals surface area contributed by atoms with Gasteiger partial charge in [0.1, 0.15) is 0 Å². The molecule has 0 aliphatic heterocycles. The number of carbonyl (C=O) groups is 1. The molecular weight excluding hydrogens is 384 g/mol. The third-order valence-electron chi connectivity index (χ3n) is 4.63. The fraction of sp³-hybridized carbons (Fsp3) is 0.174. The van der Waals surface area contributed by atoms with E-state index in [-0.39, 0.29) is 16.7 Å². The molecule has 3 aromatic carbocycles. The van der Waals surface area contributed by atoms with Crippen molar-refractivity contribution < 1.29 is 13.2 Å². The minimum absolute atomic E-state index is 0.0229. The molecule has 0 saturated heterocycles. The second kappa shape index (κ2) is 9.49. The Balaban J connectivity index is 1.74. The van der Waals surface area contributed by atoms with Crippen LogP contribution in [0.4, 0.5) is 0 Å². The van der Waals surface area contributed by atoms with E-state index in [1.165, 1.54) is 24.3 Å². The Morgan fingerprint density at radius 3 is 1.83 bits per heavy atom. The number of rotatable bonds is 8. The van der Waals surface area contributed by atoms with Gasteiger partial charge in [-0.1, -0.05) is 67.6 Å². The predicted molar refractivity (Wildman–Crippen MR) is 114 cm³/mol. The third-order valence-corrected chi connectivity index (χ3v) is 6.19. The van der Waals surface area contributed by atoms with Crippen molar-refractivity contribution in [3.8, 4) is 0 Å². The zero-order valence-corrected chi connectivity index (χ0v) is 17.0. The van der Waals surface area contributed by atoms with Gasteiger partial charge in [0.05, 0.1) is 4.90 Å². The van der Waals surface area contributed by atoms with Crippen LogP contribution in [0.5, 0.6) is 0 Å². The van der Waals surface area contributed by atoms with Crippen LogP contribution in [-0.4, -0.2) is 27.4 Å². The Labute approximate surface area is 171 Å². The highest BCUT2D eigenvalue weighted by atomic mass is 32.2. The topological polar surface area (TPSA) is 75.3 Å². The van der Waals surface area contributed by atoms with Crippen molar-refractivity contribution in [1.82, 2.24) is 10.0 Å². The molecule has 2 N–H and O–H groups in total. The SMILES string of the molecule is CCNS(=O)(=O)c1ccc(C(=O)NCC(c2ccccc2)c2ccccc2)cc1. The van der Waals surface area contributed by atoms with Gasteiger partial charge in [-0.2, -0.15) is 0 Å². The maximum absolute atomic E-state index is 12.6. The lowest BCUT2D eigenvalue weighted by Crippen LogP contribution is -2.29. The van der Waals surface area contributed by atoms with Gasteiger partial charge < -0.3 is 5.32 Å². The van der Waals surface area contributed by atoms with Crippen molar-refractivity contribution >= 4 is 15.9 Å². The molecule has 0 aromatic heterocycles. The first-order valence-electron chi connectivity index (χ1n) is 9.49. The van der Waals surface area contributed by atoms with Crippen molar-refractivity contribution in [3.63, 3.8) is 0 Å². The number of hydrogen-bond donors (Lipinski definition) is 2. The summed E-state index contributed by atoms with van der Waals surface area (Å²) in [7, 11) is -3.53. The minimum atomic E-state index is -3.53. The van der Waals surface area contributed by atoms with Gasteiger partial charge in [-0.15, -0.1) is 0 Å². The number of carbonyl (C=O) groups excluding carboxylic acids is 1. The van der Waals surface area contributed by atoms with Crippen LogP contribution < -0.4 is 10.0 Å². The third kappa shape index (κ3) is 5.31. The lowest BCUT2D eigenvalue weighted by atomic mass is 9.91. The molecule has 0 saturated carbocycles. The molecule has 0 aliphatic rings. The number of nitrogens with one attached hydrogen (secondary N) is 2. The lowest BCUT2D eigenvalue weighted by molar-refractivity contribution is 0.0952. The fourth-order valence-corrected chi connectivity index (χ4v) is 4.20. The van der Waals surface area contributed by atoms with Gasteiger partial charge in [-0.05, 0) is 35.4 Å². The quantitative estimate of drug-likeness (QED) is 0.599. The molecule has 6 heteroatoms. The summed E-state index contributed by atoms with van der Waals surface area (Å²) in [5.74, 6) is -0.219. The van der Waals surface area contributed by atoms with Crippen LogP contribution in [0.15, 0.2) is 89.8 Å². The maximum Gasteiger partial charge on any atom is 0.251 e. The van der Waals surface area contributed by atoms with E-state index in [2.05, 4.69) is 10.0 Å². The maximum atomic E-state index is 12.6. The second-order valence-corrected chi connectivity index (χ2v) is 8.38. The zero-order valence-electron chi connectivity index (χ0n) is 16.2. The van der Waals surface area contributed by atoms with Crippen LogP contribution >= 0.6 is 0 Å². The highest BCUT2D eigenvalue weighted by molar-refractivity contribution is 7.89. The Bertz CT molecular complexity index is 995. The van der Waals surface area contributed by atoms with Crippen LogP contribution in [0.1, 0.15) is 34.3 Å².